The summed E-state index contributed by atoms with van der Waals surface area (Å²) in [4.78, 5) is 4.13. The summed E-state index contributed by atoms with van der Waals surface area (Å²) in [5.41, 5.74) is 2.61. The third-order valence-electron chi connectivity index (χ3n) is 2.33. The molecule has 18 heavy (non-hydrogen) atoms. The van der Waals surface area contributed by atoms with Gasteiger partial charge in [0.05, 0.1) is 28.2 Å². The van der Waals surface area contributed by atoms with Gasteiger partial charge in [0, 0.05) is 12.2 Å². The fraction of sp³-hybridized carbons (Fsp3) is 0.154. The van der Waals surface area contributed by atoms with Crippen molar-refractivity contribution in [1.82, 2.24) is 4.98 Å². The molecule has 2 N–H and O–H groups in total. The van der Waals surface area contributed by atoms with Crippen molar-refractivity contribution in [2.45, 2.75) is 6.92 Å². The second kappa shape index (κ2) is 5.82. The summed E-state index contributed by atoms with van der Waals surface area (Å²) in [6.45, 7) is 2.87. The van der Waals surface area contributed by atoms with Crippen LogP contribution < -0.4 is 10.6 Å². The normalized spacial score (nSPS) is 10.2. The molecule has 1 heterocycles. The van der Waals surface area contributed by atoms with Gasteiger partial charge in [-0.1, -0.05) is 0 Å². The summed E-state index contributed by atoms with van der Waals surface area (Å²) >= 11 is 3.16. The molecule has 5 heteroatoms. The first-order valence-corrected chi connectivity index (χ1v) is 6.39. The van der Waals surface area contributed by atoms with E-state index in [1.807, 2.05) is 13.0 Å². The zero-order chi connectivity index (χ0) is 13.0. The highest BCUT2D eigenvalue weighted by molar-refractivity contribution is 9.10. The first-order valence-electron chi connectivity index (χ1n) is 5.60. The number of aromatic nitrogens is 1. The fourth-order valence-corrected chi connectivity index (χ4v) is 1.93. The Morgan fingerprint density at radius 3 is 2.67 bits per heavy atom. The smallest absolute Gasteiger partial charge is 0.137 e. The van der Waals surface area contributed by atoms with Gasteiger partial charge in [0.25, 0.3) is 0 Å². The Morgan fingerprint density at radius 2 is 1.94 bits per heavy atom. The predicted octanol–water partition coefficient (Wildman–Crippen LogP) is 4.16. The van der Waals surface area contributed by atoms with E-state index in [0.717, 1.165) is 23.6 Å². The molecule has 1 aromatic heterocycles. The number of rotatable bonds is 4. The van der Waals surface area contributed by atoms with Crippen LogP contribution in [0.25, 0.3) is 0 Å². The number of hydrogen-bond acceptors (Lipinski definition) is 3. The number of hydrogen-bond donors (Lipinski definition) is 2. The molecule has 0 aliphatic heterocycles. The number of pyridine rings is 1. The van der Waals surface area contributed by atoms with Crippen LogP contribution in [0.4, 0.5) is 21.5 Å². The predicted molar refractivity (Wildman–Crippen MR) is 75.8 cm³/mol. The van der Waals surface area contributed by atoms with E-state index >= 15 is 0 Å². The third-order valence-corrected chi connectivity index (χ3v) is 2.94. The molecule has 0 amide bonds. The topological polar surface area (TPSA) is 37.0 Å². The highest BCUT2D eigenvalue weighted by Crippen LogP contribution is 2.23. The van der Waals surface area contributed by atoms with Gasteiger partial charge >= 0.3 is 0 Å². The summed E-state index contributed by atoms with van der Waals surface area (Å²) in [6.07, 6.45) is 3.48. The molecule has 0 bridgehead atoms. The Morgan fingerprint density at radius 1 is 1.17 bits per heavy atom. The Balaban J connectivity index is 2.17. The average Bonchev–Trinajstić information content (AvgIpc) is 2.35. The number of nitrogens with one attached hydrogen (secondary N) is 2. The van der Waals surface area contributed by atoms with Gasteiger partial charge in [-0.15, -0.1) is 0 Å². The quantitative estimate of drug-likeness (QED) is 0.890. The van der Waals surface area contributed by atoms with E-state index in [1.54, 1.807) is 24.5 Å². The van der Waals surface area contributed by atoms with E-state index in [1.165, 1.54) is 6.07 Å². The van der Waals surface area contributed by atoms with Crippen LogP contribution in [-0.2, 0) is 0 Å². The maximum atomic E-state index is 13.1. The van der Waals surface area contributed by atoms with Crippen molar-refractivity contribution >= 4 is 33.0 Å². The lowest BCUT2D eigenvalue weighted by atomic mass is 10.3. The SMILES string of the molecule is CCNc1cncc(Nc2ccc(F)c(Br)c2)c1. The van der Waals surface area contributed by atoms with Crippen molar-refractivity contribution in [3.05, 3.63) is 46.9 Å². The molecule has 2 aromatic rings. The molecule has 0 aliphatic carbocycles. The molecule has 2 rings (SSSR count). The lowest BCUT2D eigenvalue weighted by molar-refractivity contribution is 0.621. The lowest BCUT2D eigenvalue weighted by Crippen LogP contribution is -1.98. The van der Waals surface area contributed by atoms with Crippen molar-refractivity contribution in [2.24, 2.45) is 0 Å². The number of nitrogens with zero attached hydrogens (tertiary/aromatic N) is 1. The molecule has 0 spiro atoms. The van der Waals surface area contributed by atoms with E-state index in [4.69, 9.17) is 0 Å². The van der Waals surface area contributed by atoms with E-state index < -0.39 is 0 Å². The molecule has 0 atom stereocenters. The maximum Gasteiger partial charge on any atom is 0.137 e. The molecule has 0 unspecified atom stereocenters. The zero-order valence-corrected chi connectivity index (χ0v) is 11.5. The summed E-state index contributed by atoms with van der Waals surface area (Å²) in [5.74, 6) is -0.278. The standard InChI is InChI=1S/C13H13BrFN3/c1-2-17-10-5-11(8-16-7-10)18-9-3-4-13(15)12(14)6-9/h3-8,17-18H,2H2,1H3. The van der Waals surface area contributed by atoms with Crippen LogP contribution in [0, 0.1) is 5.82 Å². The van der Waals surface area contributed by atoms with E-state index in [0.29, 0.717) is 4.47 Å². The average molecular weight is 310 g/mol. The van der Waals surface area contributed by atoms with Crippen LogP contribution in [0.2, 0.25) is 0 Å². The molecular weight excluding hydrogens is 297 g/mol. The first kappa shape index (κ1) is 12.8. The molecular formula is C13H13BrFN3. The maximum absolute atomic E-state index is 13.1. The van der Waals surface area contributed by atoms with E-state index in [-0.39, 0.29) is 5.82 Å². The molecule has 0 fully saturated rings. The van der Waals surface area contributed by atoms with Gasteiger partial charge in [-0.05, 0) is 47.1 Å². The van der Waals surface area contributed by atoms with Crippen molar-refractivity contribution in [3.8, 4) is 0 Å². The van der Waals surface area contributed by atoms with E-state index in [9.17, 15) is 4.39 Å². The molecule has 0 aliphatic rings. The van der Waals surface area contributed by atoms with Gasteiger partial charge in [0.1, 0.15) is 5.82 Å². The van der Waals surface area contributed by atoms with Crippen LogP contribution >= 0.6 is 15.9 Å². The minimum Gasteiger partial charge on any atom is -0.384 e. The van der Waals surface area contributed by atoms with Crippen molar-refractivity contribution in [2.75, 3.05) is 17.2 Å². The lowest BCUT2D eigenvalue weighted by Gasteiger charge is -2.09. The number of halogens is 2. The highest BCUT2D eigenvalue weighted by Gasteiger charge is 2.01. The third kappa shape index (κ3) is 3.20. The molecule has 0 saturated carbocycles. The second-order valence-electron chi connectivity index (χ2n) is 3.75. The van der Waals surface area contributed by atoms with Crippen molar-refractivity contribution in [3.63, 3.8) is 0 Å². The summed E-state index contributed by atoms with van der Waals surface area (Å²) in [5, 5.41) is 6.35. The Labute approximate surface area is 114 Å². The molecule has 0 radical (unpaired) electrons. The Bertz CT molecular complexity index is 546. The van der Waals surface area contributed by atoms with Crippen LogP contribution in [0.15, 0.2) is 41.1 Å². The molecule has 94 valence electrons. The van der Waals surface area contributed by atoms with Gasteiger partial charge in [0.2, 0.25) is 0 Å². The minimum atomic E-state index is -0.278. The van der Waals surface area contributed by atoms with Gasteiger partial charge < -0.3 is 10.6 Å². The summed E-state index contributed by atoms with van der Waals surface area (Å²) in [7, 11) is 0. The van der Waals surface area contributed by atoms with Crippen LogP contribution in [0.1, 0.15) is 6.92 Å². The Kier molecular flexibility index (Phi) is 4.15. The second-order valence-corrected chi connectivity index (χ2v) is 4.60. The van der Waals surface area contributed by atoms with E-state index in [2.05, 4.69) is 31.5 Å². The van der Waals surface area contributed by atoms with Crippen LogP contribution in [-0.4, -0.2) is 11.5 Å². The molecule has 0 saturated heterocycles. The first-order chi connectivity index (χ1) is 8.69. The zero-order valence-electron chi connectivity index (χ0n) is 9.87. The Hall–Kier alpha value is -1.62. The highest BCUT2D eigenvalue weighted by atomic mass is 79.9. The number of anilines is 3. The van der Waals surface area contributed by atoms with Crippen LogP contribution in [0.3, 0.4) is 0 Å². The molecule has 1 aromatic carbocycles. The monoisotopic (exact) mass is 309 g/mol. The summed E-state index contributed by atoms with van der Waals surface area (Å²) in [6, 6.07) is 6.73. The number of benzene rings is 1. The van der Waals surface area contributed by atoms with Gasteiger partial charge in [0.15, 0.2) is 0 Å². The minimum absolute atomic E-state index is 0.278. The molecule has 3 nitrogen and oxygen atoms in total. The van der Waals surface area contributed by atoms with Crippen LogP contribution in [0.5, 0.6) is 0 Å². The summed E-state index contributed by atoms with van der Waals surface area (Å²) < 4.78 is 13.5. The van der Waals surface area contributed by atoms with Gasteiger partial charge in [-0.2, -0.15) is 0 Å². The van der Waals surface area contributed by atoms with Gasteiger partial charge in [-0.3, -0.25) is 4.98 Å². The fourth-order valence-electron chi connectivity index (χ4n) is 1.55. The van der Waals surface area contributed by atoms with Crippen molar-refractivity contribution in [1.29, 1.82) is 0 Å². The van der Waals surface area contributed by atoms with Crippen molar-refractivity contribution < 1.29 is 4.39 Å². The largest absolute Gasteiger partial charge is 0.384 e. The van der Waals surface area contributed by atoms with Gasteiger partial charge in [-0.25, -0.2) is 4.39 Å².